The number of imidazole rings is 2. The Hall–Kier alpha value is -9.10. The van der Waals surface area contributed by atoms with Crippen LogP contribution in [0.15, 0.2) is 134 Å². The van der Waals surface area contributed by atoms with Crippen LogP contribution in [0.1, 0.15) is 111 Å². The van der Waals surface area contributed by atoms with E-state index >= 15 is 0 Å². The zero-order chi connectivity index (χ0) is 62.4. The highest BCUT2D eigenvalue weighted by Crippen LogP contribution is 2.38. The fourth-order valence-electron chi connectivity index (χ4n) is 13.2. The van der Waals surface area contributed by atoms with Crippen LogP contribution in [0.4, 0.5) is 23.5 Å². The number of hydrogen-bond donors (Lipinski definition) is 10. The molecule has 2 aliphatic heterocycles. The second-order valence-electron chi connectivity index (χ2n) is 24.0. The normalized spacial score (nSPS) is 23.2. The zero-order valence-electron chi connectivity index (χ0n) is 50.4. The Morgan fingerprint density at radius 1 is 0.478 bits per heavy atom. The summed E-state index contributed by atoms with van der Waals surface area (Å²) in [5, 5.41) is 64.2. The molecule has 4 amide bonds. The number of aliphatic hydroxyl groups is 4. The molecule has 0 bridgehead atoms. The number of amides is 4. The van der Waals surface area contributed by atoms with Gasteiger partial charge >= 0.3 is 0 Å². The largest absolute Gasteiger partial charge is 0.388 e. The van der Waals surface area contributed by atoms with Gasteiger partial charge in [0.05, 0.1) is 36.8 Å². The molecule has 0 unspecified atom stereocenters. The third kappa shape index (κ3) is 13.3. The highest BCUT2D eigenvalue weighted by atomic mass is 16.3. The van der Waals surface area contributed by atoms with Crippen LogP contribution in [0.5, 0.6) is 0 Å². The molecule has 8 aromatic rings. The van der Waals surface area contributed by atoms with Crippen molar-refractivity contribution in [1.82, 2.24) is 60.3 Å². The molecule has 4 fully saturated rings. The summed E-state index contributed by atoms with van der Waals surface area (Å²) in [6, 6.07) is 37.6. The number of hydrogen-bond acceptors (Lipinski definition) is 18. The molecule has 2 saturated heterocycles. The van der Waals surface area contributed by atoms with Crippen molar-refractivity contribution >= 4 is 69.5 Å². The van der Waals surface area contributed by atoms with Gasteiger partial charge in [0.1, 0.15) is 24.4 Å². The van der Waals surface area contributed by atoms with E-state index in [9.17, 15) is 39.6 Å². The maximum Gasteiger partial charge on any atom is 0.229 e. The number of nitrogens with zero attached hydrogens (tertiary/aromatic N) is 10. The summed E-state index contributed by atoms with van der Waals surface area (Å²) in [5.41, 5.74) is 6.25. The lowest BCUT2D eigenvalue weighted by Crippen LogP contribution is -2.42. The van der Waals surface area contributed by atoms with Gasteiger partial charge in [0.15, 0.2) is 34.0 Å². The van der Waals surface area contributed by atoms with E-state index in [0.717, 1.165) is 22.3 Å². The smallest absolute Gasteiger partial charge is 0.229 e. The SMILES string of the molecule is CCC(=O)N[C@H]1C[C@@H](n2cnc3c(NCC(c4ccccc4)c4ccccc4)nc(N4CC[C@@H](NC(=O)CCC(=O)N[C@@H]5CCN(c6nc(NCC(c7ccccc7)c7ccccc7)c7ncn([C@@H]8C[C@H](NC(=O)CC)[C@@H](O)[C@H]8O)c7n6)C5)C4)nc32)[C@H](O)[C@@H]1O. The summed E-state index contributed by atoms with van der Waals surface area (Å²) < 4.78 is 3.51. The molecule has 90 heavy (non-hydrogen) atoms. The van der Waals surface area contributed by atoms with E-state index < -0.39 is 48.6 Å². The van der Waals surface area contributed by atoms with Gasteiger partial charge in [0.2, 0.25) is 35.5 Å². The lowest BCUT2D eigenvalue weighted by Gasteiger charge is -2.22. The minimum Gasteiger partial charge on any atom is -0.388 e. The van der Waals surface area contributed by atoms with Crippen LogP contribution in [-0.4, -0.2) is 171 Å². The molecular formula is C66H78N16O8. The van der Waals surface area contributed by atoms with Crippen molar-refractivity contribution in [3.8, 4) is 0 Å². The second-order valence-corrected chi connectivity index (χ2v) is 24.0. The molecule has 24 nitrogen and oxygen atoms in total. The molecule has 6 heterocycles. The van der Waals surface area contributed by atoms with Crippen LogP contribution in [0.3, 0.4) is 0 Å². The van der Waals surface area contributed by atoms with E-state index in [1.54, 1.807) is 35.6 Å². The van der Waals surface area contributed by atoms with Gasteiger partial charge in [-0.2, -0.15) is 19.9 Å². The number of fused-ring (bicyclic) bond motifs is 2. The lowest BCUT2D eigenvalue weighted by molar-refractivity contribution is -0.127. The number of benzene rings is 4. The topological polar surface area (TPSA) is 315 Å². The summed E-state index contributed by atoms with van der Waals surface area (Å²) in [4.78, 5) is 85.9. The summed E-state index contributed by atoms with van der Waals surface area (Å²) in [5.74, 6) is 0.614. The summed E-state index contributed by atoms with van der Waals surface area (Å²) in [6.45, 7) is 6.17. The Bertz CT molecular complexity index is 3460. The van der Waals surface area contributed by atoms with Crippen molar-refractivity contribution in [2.75, 3.05) is 59.7 Å². The third-order valence-corrected chi connectivity index (χ3v) is 18.2. The first-order valence-corrected chi connectivity index (χ1v) is 31.4. The molecule has 470 valence electrons. The van der Waals surface area contributed by atoms with Gasteiger partial charge in [0.25, 0.3) is 0 Å². The summed E-state index contributed by atoms with van der Waals surface area (Å²) in [6.07, 6.45) is 0.394. The number of aliphatic hydroxyl groups excluding tert-OH is 4. The Balaban J connectivity index is 0.711. The molecular weight excluding hydrogens is 1140 g/mol. The van der Waals surface area contributed by atoms with Gasteiger partial charge in [-0.05, 0) is 47.9 Å². The van der Waals surface area contributed by atoms with E-state index in [1.807, 2.05) is 82.6 Å². The maximum atomic E-state index is 13.7. The Morgan fingerprint density at radius 2 is 0.833 bits per heavy atom. The standard InChI is InChI=1S/C66H78N16O8/c1-3-51(83)73-47-31-49(59(89)57(47)87)81-37-69-55-61(67-33-45(39-17-9-5-10-18-39)40-19-11-6-12-20-40)75-65(77-63(55)81)79-29-27-43(35-79)71-53(85)25-26-54(86)72-44-28-30-80(36-44)66-76-62(68-34-46(41-21-13-7-14-22-41)42-23-15-8-16-24-42)56-64(78-66)82(38-70-56)50-32-48(58(88)60(50)90)74-52(84)4-2/h5-24,37-38,43-50,57-60,87-90H,3-4,25-36H2,1-2H3,(H,71,85)(H,72,86)(H,73,83)(H,74,84)(H,67,75,77)(H,68,76,78)/t43-,44-,47+,48+,49-,50-,57-,58-,59+,60+/m1/s1. The first-order valence-electron chi connectivity index (χ1n) is 31.4. The van der Waals surface area contributed by atoms with E-state index in [1.165, 1.54) is 0 Å². The van der Waals surface area contributed by atoms with E-state index in [2.05, 4.69) is 80.4 Å². The number of nitrogens with one attached hydrogen (secondary N) is 6. The second kappa shape index (κ2) is 27.3. The van der Waals surface area contributed by atoms with Crippen LogP contribution < -0.4 is 41.7 Å². The van der Waals surface area contributed by atoms with Gasteiger partial charge in [-0.1, -0.05) is 135 Å². The lowest BCUT2D eigenvalue weighted by atomic mass is 9.91. The van der Waals surface area contributed by atoms with Crippen LogP contribution >= 0.6 is 0 Å². The fourth-order valence-corrected chi connectivity index (χ4v) is 13.2. The van der Waals surface area contributed by atoms with Crippen molar-refractivity contribution in [1.29, 1.82) is 0 Å². The zero-order valence-corrected chi connectivity index (χ0v) is 50.4. The number of carbonyl (C=O) groups is 4. The average Bonchev–Trinajstić information content (AvgIpc) is 1.66. The predicted octanol–water partition coefficient (Wildman–Crippen LogP) is 4.45. The van der Waals surface area contributed by atoms with Gasteiger partial charge in [-0.25, -0.2) is 9.97 Å². The molecule has 12 rings (SSSR count). The van der Waals surface area contributed by atoms with Crippen molar-refractivity contribution in [2.45, 2.75) is 138 Å². The van der Waals surface area contributed by atoms with Gasteiger partial charge in [0, 0.05) is 88.9 Å². The van der Waals surface area contributed by atoms with Gasteiger partial charge < -0.3 is 71.3 Å². The Morgan fingerprint density at radius 3 is 1.18 bits per heavy atom. The number of anilines is 4. The molecule has 0 spiro atoms. The monoisotopic (exact) mass is 1220 g/mol. The van der Waals surface area contributed by atoms with Gasteiger partial charge in [-0.3, -0.25) is 19.2 Å². The number of carbonyl (C=O) groups excluding carboxylic acids is 4. The Labute approximate surface area is 521 Å². The first kappa shape index (κ1) is 61.2. The third-order valence-electron chi connectivity index (χ3n) is 18.2. The average molecular weight is 1220 g/mol. The quantitative estimate of drug-likeness (QED) is 0.0423. The van der Waals surface area contributed by atoms with E-state index in [4.69, 9.17) is 29.9 Å². The van der Waals surface area contributed by atoms with Crippen molar-refractivity contribution in [2.24, 2.45) is 0 Å². The fraction of sp³-hybridized carbons (Fsp3) is 0.424. The molecule has 10 N–H and O–H groups in total. The van der Waals surface area contributed by atoms with E-state index in [-0.39, 0.29) is 86.1 Å². The Kier molecular flexibility index (Phi) is 18.6. The maximum absolute atomic E-state index is 13.7. The molecule has 4 aliphatic rings. The molecule has 2 aliphatic carbocycles. The first-order chi connectivity index (χ1) is 43.8. The van der Waals surface area contributed by atoms with Crippen LogP contribution in [0, 0.1) is 0 Å². The number of aromatic nitrogens is 8. The molecule has 0 radical (unpaired) electrons. The highest BCUT2D eigenvalue weighted by Gasteiger charge is 2.45. The molecule has 24 heteroatoms. The van der Waals surface area contributed by atoms with Crippen molar-refractivity contribution < 1.29 is 39.6 Å². The molecule has 2 saturated carbocycles. The minimum absolute atomic E-state index is 0.0375. The number of rotatable bonds is 23. The molecule has 4 aromatic carbocycles. The minimum atomic E-state index is -1.22. The molecule has 4 aromatic heterocycles. The summed E-state index contributed by atoms with van der Waals surface area (Å²) >= 11 is 0. The van der Waals surface area contributed by atoms with Crippen LogP contribution in [0.25, 0.3) is 22.3 Å². The molecule has 10 atom stereocenters. The van der Waals surface area contributed by atoms with E-state index in [0.29, 0.717) is 98.0 Å². The van der Waals surface area contributed by atoms with Crippen molar-refractivity contribution in [3.63, 3.8) is 0 Å². The highest BCUT2D eigenvalue weighted by molar-refractivity contribution is 5.87. The van der Waals surface area contributed by atoms with Gasteiger partial charge in [-0.15, -0.1) is 0 Å². The summed E-state index contributed by atoms with van der Waals surface area (Å²) in [7, 11) is 0. The van der Waals surface area contributed by atoms with Crippen LogP contribution in [-0.2, 0) is 19.2 Å². The van der Waals surface area contributed by atoms with Crippen LogP contribution in [0.2, 0.25) is 0 Å². The predicted molar refractivity (Wildman–Crippen MR) is 340 cm³/mol. The van der Waals surface area contributed by atoms with Crippen molar-refractivity contribution in [3.05, 3.63) is 156 Å².